The molecule has 5 heteroatoms. The summed E-state index contributed by atoms with van der Waals surface area (Å²) in [7, 11) is 0. The van der Waals surface area contributed by atoms with Gasteiger partial charge in [-0.25, -0.2) is 0 Å². The van der Waals surface area contributed by atoms with Gasteiger partial charge < -0.3 is 10.2 Å². The van der Waals surface area contributed by atoms with E-state index < -0.39 is 6.10 Å². The molecule has 1 aliphatic rings. The maximum Gasteiger partial charge on any atom is 0.0816 e. The van der Waals surface area contributed by atoms with Crippen LogP contribution in [0, 0.1) is 0 Å². The number of hydrogen-bond donors (Lipinski definition) is 2. The predicted molar refractivity (Wildman–Crippen MR) is 80.4 cm³/mol. The lowest BCUT2D eigenvalue weighted by Crippen LogP contribution is -2.31. The van der Waals surface area contributed by atoms with Gasteiger partial charge in [0.25, 0.3) is 0 Å². The maximum atomic E-state index is 10.2. The fraction of sp³-hybridized carbons (Fsp3) is 0.571. The van der Waals surface area contributed by atoms with E-state index in [9.17, 15) is 5.11 Å². The number of nitrogens with zero attached hydrogens (tertiary/aromatic N) is 1. The zero-order chi connectivity index (χ0) is 13.8. The quantitative estimate of drug-likeness (QED) is 0.796. The topological polar surface area (TPSA) is 43.7 Å². The number of benzene rings is 1. The van der Waals surface area contributed by atoms with Crippen LogP contribution in [0.2, 0.25) is 5.02 Å². The van der Waals surface area contributed by atoms with Crippen molar-refractivity contribution in [2.24, 2.45) is 0 Å². The Morgan fingerprint density at radius 1 is 1.37 bits per heavy atom. The summed E-state index contributed by atoms with van der Waals surface area (Å²) in [5.74, 6) is 0. The zero-order valence-corrected chi connectivity index (χ0v) is 13.1. The fourth-order valence-corrected chi connectivity index (χ4v) is 3.06. The predicted octanol–water partition coefficient (Wildman–Crippen LogP) is 2.98. The van der Waals surface area contributed by atoms with Gasteiger partial charge in [0, 0.05) is 28.6 Å². The van der Waals surface area contributed by atoms with Crippen LogP contribution in [0.3, 0.4) is 0 Å². The van der Waals surface area contributed by atoms with Crippen molar-refractivity contribution in [1.29, 1.82) is 0 Å². The highest BCUT2D eigenvalue weighted by Crippen LogP contribution is 2.30. The standard InChI is InChI=1S/C14H19BrClNO2/c15-10-1-4-12(13(16)9-10)14(19)5-6-17(7-8-18)11-2-3-11/h1,4,9,11,14,18-19H,2-3,5-8H2. The molecule has 0 amide bonds. The first-order valence-electron chi connectivity index (χ1n) is 6.59. The average molecular weight is 349 g/mol. The summed E-state index contributed by atoms with van der Waals surface area (Å²) >= 11 is 9.49. The molecule has 1 aromatic rings. The molecule has 2 rings (SSSR count). The van der Waals surface area contributed by atoms with Crippen LogP contribution in [0.25, 0.3) is 0 Å². The minimum atomic E-state index is -0.555. The first-order valence-corrected chi connectivity index (χ1v) is 7.77. The highest BCUT2D eigenvalue weighted by molar-refractivity contribution is 9.10. The Labute approximate surface area is 127 Å². The van der Waals surface area contributed by atoms with E-state index in [0.717, 1.165) is 16.6 Å². The van der Waals surface area contributed by atoms with Gasteiger partial charge in [0.1, 0.15) is 0 Å². The fourth-order valence-electron chi connectivity index (χ4n) is 2.26. The van der Waals surface area contributed by atoms with Crippen molar-refractivity contribution in [3.63, 3.8) is 0 Å². The Hall–Kier alpha value is -0.130. The molecule has 1 atom stereocenters. The molecule has 106 valence electrons. The van der Waals surface area contributed by atoms with Gasteiger partial charge >= 0.3 is 0 Å². The second kappa shape index (κ2) is 7.04. The number of rotatable bonds is 7. The third kappa shape index (κ3) is 4.43. The summed E-state index contributed by atoms with van der Waals surface area (Å²) < 4.78 is 0.910. The number of halogens is 2. The first-order chi connectivity index (χ1) is 9.11. The second-order valence-corrected chi connectivity index (χ2v) is 6.28. The van der Waals surface area contributed by atoms with Crippen LogP contribution >= 0.6 is 27.5 Å². The van der Waals surface area contributed by atoms with Crippen molar-refractivity contribution >= 4 is 27.5 Å². The summed E-state index contributed by atoms with van der Waals surface area (Å²) in [6.07, 6.45) is 2.49. The Balaban J connectivity index is 1.90. The van der Waals surface area contributed by atoms with Crippen LogP contribution in [-0.2, 0) is 0 Å². The number of aliphatic hydroxyl groups excluding tert-OH is 2. The molecule has 1 unspecified atom stereocenters. The maximum absolute atomic E-state index is 10.2. The van der Waals surface area contributed by atoms with E-state index in [1.54, 1.807) is 6.07 Å². The molecule has 0 bridgehead atoms. The molecule has 0 saturated heterocycles. The monoisotopic (exact) mass is 347 g/mol. The summed E-state index contributed by atoms with van der Waals surface area (Å²) in [6.45, 7) is 1.65. The van der Waals surface area contributed by atoms with E-state index in [2.05, 4.69) is 20.8 Å². The van der Waals surface area contributed by atoms with Gasteiger partial charge in [-0.3, -0.25) is 4.90 Å². The van der Waals surface area contributed by atoms with Crippen molar-refractivity contribution in [2.75, 3.05) is 19.7 Å². The molecule has 0 radical (unpaired) electrons. The molecule has 1 fully saturated rings. The highest BCUT2D eigenvalue weighted by atomic mass is 79.9. The van der Waals surface area contributed by atoms with Gasteiger partial charge in [0.2, 0.25) is 0 Å². The van der Waals surface area contributed by atoms with Crippen molar-refractivity contribution in [2.45, 2.75) is 31.4 Å². The summed E-state index contributed by atoms with van der Waals surface area (Å²) in [4.78, 5) is 2.25. The van der Waals surface area contributed by atoms with Gasteiger partial charge in [-0.15, -0.1) is 0 Å². The number of aliphatic hydroxyl groups is 2. The van der Waals surface area contributed by atoms with E-state index in [1.165, 1.54) is 12.8 Å². The second-order valence-electron chi connectivity index (χ2n) is 4.96. The molecule has 0 aliphatic heterocycles. The van der Waals surface area contributed by atoms with Crippen LogP contribution in [-0.4, -0.2) is 40.9 Å². The van der Waals surface area contributed by atoms with Gasteiger partial charge in [-0.2, -0.15) is 0 Å². The summed E-state index contributed by atoms with van der Waals surface area (Å²) in [5, 5.41) is 19.8. The minimum absolute atomic E-state index is 0.172. The molecular weight excluding hydrogens is 330 g/mol. The molecule has 0 aromatic heterocycles. The van der Waals surface area contributed by atoms with E-state index in [4.69, 9.17) is 16.7 Å². The molecule has 0 spiro atoms. The van der Waals surface area contributed by atoms with Gasteiger partial charge in [-0.1, -0.05) is 33.6 Å². The molecule has 1 saturated carbocycles. The molecule has 1 aliphatic carbocycles. The van der Waals surface area contributed by atoms with E-state index >= 15 is 0 Å². The van der Waals surface area contributed by atoms with Crippen LogP contribution in [0.1, 0.15) is 30.9 Å². The summed E-state index contributed by atoms with van der Waals surface area (Å²) in [5.41, 5.74) is 0.768. The van der Waals surface area contributed by atoms with Gasteiger partial charge in [0.05, 0.1) is 12.7 Å². The van der Waals surface area contributed by atoms with Crippen LogP contribution < -0.4 is 0 Å². The molecule has 0 heterocycles. The van der Waals surface area contributed by atoms with Crippen molar-refractivity contribution in [3.8, 4) is 0 Å². The molecule has 3 nitrogen and oxygen atoms in total. The zero-order valence-electron chi connectivity index (χ0n) is 10.7. The molecule has 2 N–H and O–H groups in total. The summed E-state index contributed by atoms with van der Waals surface area (Å²) in [6, 6.07) is 6.13. The Morgan fingerprint density at radius 2 is 2.11 bits per heavy atom. The molecular formula is C14H19BrClNO2. The third-order valence-corrected chi connectivity index (χ3v) is 4.28. The highest BCUT2D eigenvalue weighted by Gasteiger charge is 2.28. The lowest BCUT2D eigenvalue weighted by atomic mass is 10.1. The Morgan fingerprint density at radius 3 is 2.68 bits per heavy atom. The van der Waals surface area contributed by atoms with Crippen molar-refractivity contribution in [1.82, 2.24) is 4.90 Å². The van der Waals surface area contributed by atoms with Crippen LogP contribution in [0.15, 0.2) is 22.7 Å². The van der Waals surface area contributed by atoms with E-state index in [1.807, 2.05) is 12.1 Å². The smallest absolute Gasteiger partial charge is 0.0816 e. The van der Waals surface area contributed by atoms with Crippen LogP contribution in [0.4, 0.5) is 0 Å². The number of hydrogen-bond acceptors (Lipinski definition) is 3. The molecule has 1 aromatic carbocycles. The van der Waals surface area contributed by atoms with Crippen molar-refractivity contribution in [3.05, 3.63) is 33.3 Å². The normalized spacial score (nSPS) is 16.9. The van der Waals surface area contributed by atoms with E-state index in [-0.39, 0.29) is 6.61 Å². The lowest BCUT2D eigenvalue weighted by molar-refractivity contribution is 0.127. The SMILES string of the molecule is OCCN(CCC(O)c1ccc(Br)cc1Cl)C1CC1. The Kier molecular flexibility index (Phi) is 5.66. The average Bonchev–Trinajstić information content (AvgIpc) is 3.18. The largest absolute Gasteiger partial charge is 0.395 e. The first kappa shape index (κ1) is 15.3. The van der Waals surface area contributed by atoms with E-state index in [0.29, 0.717) is 24.0 Å². The van der Waals surface area contributed by atoms with Crippen molar-refractivity contribution < 1.29 is 10.2 Å². The Bertz CT molecular complexity index is 426. The van der Waals surface area contributed by atoms with Gasteiger partial charge in [0.15, 0.2) is 0 Å². The lowest BCUT2D eigenvalue weighted by Gasteiger charge is -2.22. The third-order valence-electron chi connectivity index (χ3n) is 3.46. The minimum Gasteiger partial charge on any atom is -0.395 e. The van der Waals surface area contributed by atoms with Gasteiger partial charge in [-0.05, 0) is 37.0 Å². The van der Waals surface area contributed by atoms with Crippen LogP contribution in [0.5, 0.6) is 0 Å². The molecule has 19 heavy (non-hydrogen) atoms.